The minimum atomic E-state index is -0.338. The van der Waals surface area contributed by atoms with E-state index in [4.69, 9.17) is 9.15 Å². The summed E-state index contributed by atoms with van der Waals surface area (Å²) in [5, 5.41) is 8.63. The second-order valence-electron chi connectivity index (χ2n) is 9.92. The molecule has 0 radical (unpaired) electrons. The van der Waals surface area contributed by atoms with E-state index in [0.717, 1.165) is 55.8 Å². The van der Waals surface area contributed by atoms with E-state index >= 15 is 0 Å². The smallest absolute Gasteiger partial charge is 0.247 e. The Morgan fingerprint density at radius 2 is 1.76 bits per heavy atom. The van der Waals surface area contributed by atoms with Crippen molar-refractivity contribution in [2.45, 2.75) is 30.7 Å². The van der Waals surface area contributed by atoms with Gasteiger partial charge in [-0.2, -0.15) is 0 Å². The van der Waals surface area contributed by atoms with E-state index < -0.39 is 0 Å². The van der Waals surface area contributed by atoms with Gasteiger partial charge in [-0.1, -0.05) is 30.3 Å². The Bertz CT molecular complexity index is 1160. The zero-order valence-electron chi connectivity index (χ0n) is 19.0. The Labute approximate surface area is 193 Å². The lowest BCUT2D eigenvalue weighted by Crippen LogP contribution is -2.61. The lowest BCUT2D eigenvalue weighted by molar-refractivity contribution is -0.145. The summed E-state index contributed by atoms with van der Waals surface area (Å²) in [5.41, 5.74) is 1.80. The van der Waals surface area contributed by atoms with Crippen LogP contribution in [0.5, 0.6) is 5.75 Å². The number of nitrogens with zero attached hydrogens (tertiary/aromatic N) is 4. The molecular weight excluding hydrogens is 416 g/mol. The van der Waals surface area contributed by atoms with Crippen LogP contribution in [0.1, 0.15) is 36.8 Å². The van der Waals surface area contributed by atoms with Crippen molar-refractivity contribution in [3.8, 4) is 17.2 Å². The number of methoxy groups -OCH3 is 1. The molecule has 2 saturated heterocycles. The first-order valence-electron chi connectivity index (χ1n) is 11.5. The first-order valence-corrected chi connectivity index (χ1v) is 11.5. The molecule has 3 aliphatic rings. The van der Waals surface area contributed by atoms with Crippen LogP contribution in [0.3, 0.4) is 0 Å². The molecule has 2 aromatic carbocycles. The summed E-state index contributed by atoms with van der Waals surface area (Å²) in [7, 11) is 3.77. The van der Waals surface area contributed by atoms with Gasteiger partial charge in [-0.25, -0.2) is 0 Å². The number of hydrogen-bond donors (Lipinski definition) is 0. The number of amides is 1. The topological polar surface area (TPSA) is 71.7 Å². The van der Waals surface area contributed by atoms with E-state index in [1.807, 2.05) is 54.6 Å². The third-order valence-electron chi connectivity index (χ3n) is 7.63. The van der Waals surface area contributed by atoms with Crippen LogP contribution in [0.15, 0.2) is 59.0 Å². The molecule has 170 valence electrons. The lowest BCUT2D eigenvalue weighted by atomic mass is 9.76. The fraction of sp³-hybridized carbons (Fsp3) is 0.423. The minimum Gasteiger partial charge on any atom is -0.497 e. The van der Waals surface area contributed by atoms with Crippen LogP contribution in [0.4, 0.5) is 0 Å². The highest BCUT2D eigenvalue weighted by Crippen LogP contribution is 2.54. The van der Waals surface area contributed by atoms with Gasteiger partial charge in [0.1, 0.15) is 5.75 Å². The largest absolute Gasteiger partial charge is 0.497 e. The van der Waals surface area contributed by atoms with Gasteiger partial charge in [0.25, 0.3) is 0 Å². The molecule has 6 rings (SSSR count). The van der Waals surface area contributed by atoms with Gasteiger partial charge in [-0.3, -0.25) is 9.69 Å². The quantitative estimate of drug-likeness (QED) is 0.598. The molecule has 7 nitrogen and oxygen atoms in total. The second kappa shape index (κ2) is 7.42. The molecule has 1 saturated carbocycles. The van der Waals surface area contributed by atoms with Crippen LogP contribution >= 0.6 is 0 Å². The SMILES string of the molecule is COc1ccc(C2(C(=O)N3CC4(CC(c5nnc(-c6ccccc6)o5)N(C)C4)C3)CC2)cc1. The normalized spacial score (nSPS) is 22.8. The first-order chi connectivity index (χ1) is 16.0. The Morgan fingerprint density at radius 3 is 2.42 bits per heavy atom. The van der Waals surface area contributed by atoms with Crippen molar-refractivity contribution in [2.24, 2.45) is 5.41 Å². The van der Waals surface area contributed by atoms with Crippen molar-refractivity contribution in [3.05, 3.63) is 66.1 Å². The fourth-order valence-electron chi connectivity index (χ4n) is 5.71. The van der Waals surface area contributed by atoms with Gasteiger partial charge >= 0.3 is 0 Å². The molecule has 3 aromatic rings. The Morgan fingerprint density at radius 1 is 1.03 bits per heavy atom. The average molecular weight is 445 g/mol. The van der Waals surface area contributed by atoms with Crippen LogP contribution < -0.4 is 4.74 Å². The van der Waals surface area contributed by atoms with E-state index in [2.05, 4.69) is 27.0 Å². The average Bonchev–Trinajstić information content (AvgIpc) is 3.35. The van der Waals surface area contributed by atoms with Crippen LogP contribution in [0, 0.1) is 5.41 Å². The number of carbonyl (C=O) groups excluding carboxylic acids is 1. The van der Waals surface area contributed by atoms with E-state index in [1.54, 1.807) is 7.11 Å². The molecule has 1 aliphatic carbocycles. The van der Waals surface area contributed by atoms with Crippen LogP contribution in [-0.4, -0.2) is 59.7 Å². The van der Waals surface area contributed by atoms with Gasteiger partial charge in [-0.05, 0) is 56.1 Å². The molecule has 7 heteroatoms. The number of ether oxygens (including phenoxy) is 1. The van der Waals surface area contributed by atoms with Crippen molar-refractivity contribution in [1.29, 1.82) is 0 Å². The van der Waals surface area contributed by atoms with Crippen LogP contribution in [-0.2, 0) is 10.2 Å². The Balaban J connectivity index is 1.13. The number of aromatic nitrogens is 2. The molecule has 1 amide bonds. The molecule has 0 N–H and O–H groups in total. The highest BCUT2D eigenvalue weighted by atomic mass is 16.5. The highest BCUT2D eigenvalue weighted by Gasteiger charge is 2.59. The van der Waals surface area contributed by atoms with Crippen molar-refractivity contribution in [1.82, 2.24) is 20.0 Å². The summed E-state index contributed by atoms with van der Waals surface area (Å²) >= 11 is 0. The predicted octanol–water partition coefficient (Wildman–Crippen LogP) is 3.68. The van der Waals surface area contributed by atoms with Crippen LogP contribution in [0.2, 0.25) is 0 Å². The lowest BCUT2D eigenvalue weighted by Gasteiger charge is -2.49. The molecule has 1 aromatic heterocycles. The summed E-state index contributed by atoms with van der Waals surface area (Å²) in [6.45, 7) is 2.52. The molecule has 1 atom stereocenters. The van der Waals surface area contributed by atoms with Gasteiger partial charge in [0.15, 0.2) is 0 Å². The van der Waals surface area contributed by atoms with E-state index in [-0.39, 0.29) is 22.8 Å². The predicted molar refractivity (Wildman–Crippen MR) is 123 cm³/mol. The monoisotopic (exact) mass is 444 g/mol. The summed E-state index contributed by atoms with van der Waals surface area (Å²) in [4.78, 5) is 17.8. The molecule has 3 heterocycles. The number of rotatable bonds is 5. The third kappa shape index (κ3) is 3.33. The second-order valence-corrected chi connectivity index (χ2v) is 9.92. The summed E-state index contributed by atoms with van der Waals surface area (Å²) in [6.07, 6.45) is 2.78. The summed E-state index contributed by atoms with van der Waals surface area (Å²) in [5.74, 6) is 2.31. The van der Waals surface area contributed by atoms with Gasteiger partial charge < -0.3 is 14.1 Å². The molecular formula is C26H28N4O3. The maximum absolute atomic E-state index is 13.4. The maximum Gasteiger partial charge on any atom is 0.247 e. The third-order valence-corrected chi connectivity index (χ3v) is 7.63. The number of hydrogen-bond acceptors (Lipinski definition) is 6. The van der Waals surface area contributed by atoms with Crippen molar-refractivity contribution >= 4 is 5.91 Å². The standard InChI is InChI=1S/C26H28N4O3/c1-29-15-25(14-21(29)23-28-27-22(33-23)18-6-4-3-5-7-18)16-30(17-25)24(31)26(12-13-26)19-8-10-20(32-2)11-9-19/h3-11,21H,12-17H2,1-2H3. The van der Waals surface area contributed by atoms with Crippen molar-refractivity contribution in [2.75, 3.05) is 33.8 Å². The first kappa shape index (κ1) is 20.4. The van der Waals surface area contributed by atoms with Crippen molar-refractivity contribution < 1.29 is 13.9 Å². The van der Waals surface area contributed by atoms with Gasteiger partial charge in [0.05, 0.1) is 18.6 Å². The fourth-order valence-corrected chi connectivity index (χ4v) is 5.71. The zero-order valence-corrected chi connectivity index (χ0v) is 19.0. The molecule has 33 heavy (non-hydrogen) atoms. The molecule has 1 spiro atoms. The highest BCUT2D eigenvalue weighted by molar-refractivity contribution is 5.92. The number of carbonyl (C=O) groups is 1. The minimum absolute atomic E-state index is 0.0867. The Kier molecular flexibility index (Phi) is 4.59. The number of likely N-dealkylation sites (tertiary alicyclic amines) is 2. The molecule has 1 unspecified atom stereocenters. The van der Waals surface area contributed by atoms with Crippen LogP contribution in [0.25, 0.3) is 11.5 Å². The zero-order chi connectivity index (χ0) is 22.6. The molecule has 0 bridgehead atoms. The Hall–Kier alpha value is -3.19. The van der Waals surface area contributed by atoms with E-state index in [1.165, 1.54) is 0 Å². The van der Waals surface area contributed by atoms with E-state index in [9.17, 15) is 4.79 Å². The van der Waals surface area contributed by atoms with Gasteiger partial charge in [0, 0.05) is 30.6 Å². The van der Waals surface area contributed by atoms with E-state index in [0.29, 0.717) is 11.8 Å². The number of benzene rings is 2. The molecule has 3 fully saturated rings. The van der Waals surface area contributed by atoms with Crippen molar-refractivity contribution in [3.63, 3.8) is 0 Å². The summed E-state index contributed by atoms with van der Waals surface area (Å²) < 4.78 is 11.3. The molecule has 2 aliphatic heterocycles. The van der Waals surface area contributed by atoms with Gasteiger partial charge in [-0.15, -0.1) is 10.2 Å². The summed E-state index contributed by atoms with van der Waals surface area (Å²) in [6, 6.07) is 17.9. The maximum atomic E-state index is 13.4. The van der Waals surface area contributed by atoms with Gasteiger partial charge in [0.2, 0.25) is 17.7 Å².